The Morgan fingerprint density at radius 2 is 1.86 bits per heavy atom. The van der Waals surface area contributed by atoms with E-state index in [-0.39, 0.29) is 9.92 Å². The normalized spacial score (nSPS) is 11.0. The zero-order valence-electron chi connectivity index (χ0n) is 12.2. The van der Waals surface area contributed by atoms with Gasteiger partial charge in [0.2, 0.25) is 0 Å². The summed E-state index contributed by atoms with van der Waals surface area (Å²) >= 11 is 5.98. The molecule has 0 saturated heterocycles. The molecule has 2 aromatic rings. The molecule has 22 heavy (non-hydrogen) atoms. The fourth-order valence-electron chi connectivity index (χ4n) is 1.85. The fraction of sp³-hybridized carbons (Fsp3) is 0.200. The Balaban J connectivity index is 2.34. The Hall–Kier alpha value is -1.92. The van der Waals surface area contributed by atoms with Crippen LogP contribution in [0.2, 0.25) is 5.02 Å². The van der Waals surface area contributed by atoms with Crippen LogP contribution < -0.4 is 14.2 Å². The van der Waals surface area contributed by atoms with E-state index in [1.54, 1.807) is 24.3 Å². The highest BCUT2D eigenvalue weighted by atomic mass is 35.5. The predicted octanol–water partition coefficient (Wildman–Crippen LogP) is 3.55. The molecule has 0 aliphatic rings. The van der Waals surface area contributed by atoms with Crippen LogP contribution in [0.3, 0.4) is 0 Å². The Morgan fingerprint density at radius 3 is 2.50 bits per heavy atom. The summed E-state index contributed by atoms with van der Waals surface area (Å²) in [6, 6.07) is 11.1. The Labute approximate surface area is 134 Å². The highest BCUT2D eigenvalue weighted by Crippen LogP contribution is 2.30. The van der Waals surface area contributed by atoms with Crippen LogP contribution >= 0.6 is 11.6 Å². The summed E-state index contributed by atoms with van der Waals surface area (Å²) in [6.45, 7) is 2.27. The number of sulfonamides is 1. The molecule has 2 aromatic carbocycles. The van der Waals surface area contributed by atoms with Crippen molar-refractivity contribution in [2.75, 3.05) is 18.4 Å². The zero-order valence-corrected chi connectivity index (χ0v) is 13.7. The fourth-order valence-corrected chi connectivity index (χ4v) is 3.27. The van der Waals surface area contributed by atoms with Gasteiger partial charge in [0.1, 0.15) is 11.5 Å². The number of halogens is 1. The first-order valence-electron chi connectivity index (χ1n) is 6.56. The Morgan fingerprint density at radius 1 is 1.14 bits per heavy atom. The molecule has 0 fully saturated rings. The van der Waals surface area contributed by atoms with Crippen LogP contribution in [0, 0.1) is 0 Å². The molecule has 0 unspecified atom stereocenters. The van der Waals surface area contributed by atoms with Gasteiger partial charge in [-0.25, -0.2) is 8.42 Å². The molecule has 0 bridgehead atoms. The smallest absolute Gasteiger partial charge is 0.262 e. The van der Waals surface area contributed by atoms with Crippen molar-refractivity contribution in [3.63, 3.8) is 0 Å². The molecular formula is C15H16ClNO4S. The lowest BCUT2D eigenvalue weighted by Gasteiger charge is -2.13. The third kappa shape index (κ3) is 3.64. The topological polar surface area (TPSA) is 64.6 Å². The summed E-state index contributed by atoms with van der Waals surface area (Å²) in [6.07, 6.45) is 0. The van der Waals surface area contributed by atoms with Gasteiger partial charge in [-0.3, -0.25) is 4.72 Å². The van der Waals surface area contributed by atoms with Crippen LogP contribution in [0.5, 0.6) is 11.5 Å². The zero-order chi connectivity index (χ0) is 16.2. The summed E-state index contributed by atoms with van der Waals surface area (Å²) in [5.41, 5.74) is 0.372. The SMILES string of the molecule is CCOc1ccccc1NS(=O)(=O)c1ccc(OC)c(Cl)c1. The second-order valence-electron chi connectivity index (χ2n) is 4.33. The molecule has 0 aromatic heterocycles. The van der Waals surface area contributed by atoms with Gasteiger partial charge in [0.15, 0.2) is 0 Å². The van der Waals surface area contributed by atoms with E-state index in [0.717, 1.165) is 0 Å². The molecule has 0 radical (unpaired) electrons. The highest BCUT2D eigenvalue weighted by molar-refractivity contribution is 7.92. The first-order valence-corrected chi connectivity index (χ1v) is 8.42. The van der Waals surface area contributed by atoms with Crippen molar-refractivity contribution in [2.45, 2.75) is 11.8 Å². The number of ether oxygens (including phenoxy) is 2. The van der Waals surface area contributed by atoms with Gasteiger partial charge >= 0.3 is 0 Å². The van der Waals surface area contributed by atoms with Gasteiger partial charge in [-0.1, -0.05) is 23.7 Å². The first kappa shape index (κ1) is 16.5. The molecule has 0 saturated carbocycles. The number of rotatable bonds is 6. The van der Waals surface area contributed by atoms with E-state index in [4.69, 9.17) is 21.1 Å². The van der Waals surface area contributed by atoms with Crippen LogP contribution in [0.4, 0.5) is 5.69 Å². The minimum Gasteiger partial charge on any atom is -0.495 e. The van der Waals surface area contributed by atoms with Gasteiger partial charge < -0.3 is 9.47 Å². The number of hydrogen-bond donors (Lipinski definition) is 1. The monoisotopic (exact) mass is 341 g/mol. The van der Waals surface area contributed by atoms with Crippen molar-refractivity contribution in [3.05, 3.63) is 47.5 Å². The van der Waals surface area contributed by atoms with Crippen molar-refractivity contribution in [3.8, 4) is 11.5 Å². The predicted molar refractivity (Wildman–Crippen MR) is 86.4 cm³/mol. The molecule has 0 aliphatic heterocycles. The molecule has 0 atom stereocenters. The molecule has 7 heteroatoms. The molecule has 2 rings (SSSR count). The van der Waals surface area contributed by atoms with E-state index in [2.05, 4.69) is 4.72 Å². The Bertz CT molecular complexity index is 762. The van der Waals surface area contributed by atoms with Crippen LogP contribution in [0.15, 0.2) is 47.4 Å². The summed E-state index contributed by atoms with van der Waals surface area (Å²) in [5.74, 6) is 0.878. The van der Waals surface area contributed by atoms with Gasteiger partial charge in [0.05, 0.1) is 29.3 Å². The average Bonchev–Trinajstić information content (AvgIpc) is 2.49. The summed E-state index contributed by atoms with van der Waals surface area (Å²) in [7, 11) is -2.31. The van der Waals surface area contributed by atoms with Crippen molar-refractivity contribution in [2.24, 2.45) is 0 Å². The lowest BCUT2D eigenvalue weighted by atomic mass is 10.3. The third-order valence-corrected chi connectivity index (χ3v) is 4.52. The molecule has 118 valence electrons. The largest absolute Gasteiger partial charge is 0.495 e. The minimum absolute atomic E-state index is 0.0459. The highest BCUT2D eigenvalue weighted by Gasteiger charge is 2.18. The lowest BCUT2D eigenvalue weighted by Crippen LogP contribution is -2.14. The first-order chi connectivity index (χ1) is 10.5. The molecule has 5 nitrogen and oxygen atoms in total. The number of hydrogen-bond acceptors (Lipinski definition) is 4. The van der Waals surface area contributed by atoms with E-state index in [1.165, 1.54) is 25.3 Å². The molecule has 0 aliphatic carbocycles. The van der Waals surface area contributed by atoms with Crippen molar-refractivity contribution < 1.29 is 17.9 Å². The van der Waals surface area contributed by atoms with Gasteiger partial charge in [0, 0.05) is 0 Å². The van der Waals surface area contributed by atoms with Gasteiger partial charge in [-0.05, 0) is 37.3 Å². The maximum absolute atomic E-state index is 12.4. The van der Waals surface area contributed by atoms with E-state index < -0.39 is 10.0 Å². The van der Waals surface area contributed by atoms with Crippen LogP contribution in [0.25, 0.3) is 0 Å². The number of nitrogens with one attached hydrogen (secondary N) is 1. The molecule has 0 heterocycles. The second kappa shape index (κ2) is 6.89. The maximum Gasteiger partial charge on any atom is 0.262 e. The number of benzene rings is 2. The van der Waals surface area contributed by atoms with Crippen molar-refractivity contribution in [1.29, 1.82) is 0 Å². The van der Waals surface area contributed by atoms with Crippen LogP contribution in [-0.2, 0) is 10.0 Å². The van der Waals surface area contributed by atoms with E-state index in [0.29, 0.717) is 23.8 Å². The van der Waals surface area contributed by atoms with Crippen LogP contribution in [-0.4, -0.2) is 22.1 Å². The van der Waals surface area contributed by atoms with Crippen molar-refractivity contribution >= 4 is 27.3 Å². The standard InChI is InChI=1S/C15H16ClNO4S/c1-3-21-15-7-5-4-6-13(15)17-22(18,19)11-8-9-14(20-2)12(16)10-11/h4-10,17H,3H2,1-2H3. The van der Waals surface area contributed by atoms with Gasteiger partial charge in [-0.2, -0.15) is 0 Å². The quantitative estimate of drug-likeness (QED) is 0.872. The van der Waals surface area contributed by atoms with E-state index >= 15 is 0 Å². The minimum atomic E-state index is -3.77. The summed E-state index contributed by atoms with van der Waals surface area (Å²) in [4.78, 5) is 0.0459. The lowest BCUT2D eigenvalue weighted by molar-refractivity contribution is 0.342. The molecule has 0 spiro atoms. The van der Waals surface area contributed by atoms with Gasteiger partial charge in [0.25, 0.3) is 10.0 Å². The van der Waals surface area contributed by atoms with Crippen molar-refractivity contribution in [1.82, 2.24) is 0 Å². The Kier molecular flexibility index (Phi) is 5.15. The average molecular weight is 342 g/mol. The molecule has 1 N–H and O–H groups in total. The summed E-state index contributed by atoms with van der Waals surface area (Å²) in [5, 5.41) is 0.225. The van der Waals surface area contributed by atoms with Gasteiger partial charge in [-0.15, -0.1) is 0 Å². The summed E-state index contributed by atoms with van der Waals surface area (Å²) < 4.78 is 37.8. The third-order valence-electron chi connectivity index (χ3n) is 2.86. The number of methoxy groups -OCH3 is 1. The molecule has 0 amide bonds. The molecular weight excluding hydrogens is 326 g/mol. The van der Waals surface area contributed by atoms with E-state index in [1.807, 2.05) is 6.92 Å². The van der Waals surface area contributed by atoms with E-state index in [9.17, 15) is 8.42 Å². The second-order valence-corrected chi connectivity index (χ2v) is 6.42. The van der Waals surface area contributed by atoms with Crippen LogP contribution in [0.1, 0.15) is 6.92 Å². The maximum atomic E-state index is 12.4. The number of anilines is 1. The number of para-hydroxylation sites is 2.